The second-order valence-electron chi connectivity index (χ2n) is 4.34. The number of carbonyl (C=O) groups is 1. The zero-order valence-electron chi connectivity index (χ0n) is 11.8. The van der Waals surface area contributed by atoms with Crippen LogP contribution in [0, 0.1) is 10.1 Å². The molecular formula is C13H19N3O4. The minimum absolute atomic E-state index is 0.0364. The topological polar surface area (TPSA) is 93.5 Å². The van der Waals surface area contributed by atoms with Crippen LogP contribution in [0.2, 0.25) is 0 Å². The second-order valence-corrected chi connectivity index (χ2v) is 4.34. The van der Waals surface area contributed by atoms with Crippen LogP contribution in [0.3, 0.4) is 0 Å². The van der Waals surface area contributed by atoms with Crippen LogP contribution >= 0.6 is 0 Å². The van der Waals surface area contributed by atoms with Gasteiger partial charge in [-0.3, -0.25) is 10.1 Å². The lowest BCUT2D eigenvalue weighted by Gasteiger charge is -2.14. The summed E-state index contributed by atoms with van der Waals surface area (Å²) in [5.74, 6) is -0.431. The number of nitro benzene ring substituents is 1. The van der Waals surface area contributed by atoms with Gasteiger partial charge in [0, 0.05) is 30.1 Å². The summed E-state index contributed by atoms with van der Waals surface area (Å²) >= 11 is 0. The summed E-state index contributed by atoms with van der Waals surface area (Å²) in [7, 11) is 1.29. The van der Waals surface area contributed by atoms with Crippen LogP contribution < -0.4 is 10.6 Å². The number of hydrogen-bond donors (Lipinski definition) is 2. The quantitative estimate of drug-likeness (QED) is 0.453. The summed E-state index contributed by atoms with van der Waals surface area (Å²) in [5.41, 5.74) is 1.10. The molecule has 7 nitrogen and oxygen atoms in total. The lowest BCUT2D eigenvalue weighted by atomic mass is 10.2. The molecule has 1 atom stereocenters. The normalized spacial score (nSPS) is 11.6. The minimum Gasteiger partial charge on any atom is -0.467 e. The summed E-state index contributed by atoms with van der Waals surface area (Å²) in [6.07, 6.45) is 0.907. The van der Waals surface area contributed by atoms with E-state index in [4.69, 9.17) is 0 Å². The Morgan fingerprint density at radius 3 is 2.60 bits per heavy atom. The fourth-order valence-electron chi connectivity index (χ4n) is 1.66. The fraction of sp³-hybridized carbons (Fsp3) is 0.462. The number of non-ortho nitro benzene ring substituents is 1. The predicted octanol–water partition coefficient (Wildman–Crippen LogP) is 2.39. The van der Waals surface area contributed by atoms with Gasteiger partial charge in [0.15, 0.2) is 0 Å². The molecule has 0 saturated carbocycles. The lowest BCUT2D eigenvalue weighted by Crippen LogP contribution is -2.27. The number of anilines is 2. The van der Waals surface area contributed by atoms with Gasteiger partial charge < -0.3 is 15.4 Å². The molecule has 1 aromatic rings. The SMILES string of the molecule is CCCNc1cc(NC(C)C(=O)OC)cc([N+](=O)[O-])c1. The van der Waals surface area contributed by atoms with Crippen LogP contribution in [0.5, 0.6) is 0 Å². The maximum atomic E-state index is 11.4. The van der Waals surface area contributed by atoms with E-state index in [0.29, 0.717) is 17.9 Å². The van der Waals surface area contributed by atoms with E-state index in [0.717, 1.165) is 6.42 Å². The second kappa shape index (κ2) is 7.32. The Balaban J connectivity index is 2.96. The van der Waals surface area contributed by atoms with Crippen molar-refractivity contribution in [1.29, 1.82) is 0 Å². The van der Waals surface area contributed by atoms with Gasteiger partial charge in [-0.25, -0.2) is 4.79 Å². The first-order valence-corrected chi connectivity index (χ1v) is 6.35. The maximum Gasteiger partial charge on any atom is 0.327 e. The molecule has 1 unspecified atom stereocenters. The predicted molar refractivity (Wildman–Crippen MR) is 77.0 cm³/mol. The molecule has 0 aliphatic carbocycles. The number of benzene rings is 1. The molecule has 0 aliphatic rings. The monoisotopic (exact) mass is 281 g/mol. The van der Waals surface area contributed by atoms with E-state index in [1.54, 1.807) is 13.0 Å². The highest BCUT2D eigenvalue weighted by atomic mass is 16.6. The van der Waals surface area contributed by atoms with Crippen molar-refractivity contribution in [3.05, 3.63) is 28.3 Å². The maximum absolute atomic E-state index is 11.4. The van der Waals surface area contributed by atoms with E-state index < -0.39 is 16.9 Å². The zero-order chi connectivity index (χ0) is 15.1. The highest BCUT2D eigenvalue weighted by Crippen LogP contribution is 2.25. The van der Waals surface area contributed by atoms with Gasteiger partial charge in [0.05, 0.1) is 12.0 Å². The molecule has 0 heterocycles. The highest BCUT2D eigenvalue weighted by Gasteiger charge is 2.15. The first-order valence-electron chi connectivity index (χ1n) is 6.35. The van der Waals surface area contributed by atoms with Crippen molar-refractivity contribution in [3.63, 3.8) is 0 Å². The fourth-order valence-corrected chi connectivity index (χ4v) is 1.66. The number of hydrogen-bond acceptors (Lipinski definition) is 6. The van der Waals surface area contributed by atoms with Crippen molar-refractivity contribution in [2.24, 2.45) is 0 Å². The van der Waals surface area contributed by atoms with E-state index in [9.17, 15) is 14.9 Å². The smallest absolute Gasteiger partial charge is 0.327 e. The Kier molecular flexibility index (Phi) is 5.76. The molecular weight excluding hydrogens is 262 g/mol. The number of methoxy groups -OCH3 is 1. The molecule has 0 aromatic heterocycles. The Morgan fingerprint density at radius 1 is 1.40 bits per heavy atom. The highest BCUT2D eigenvalue weighted by molar-refractivity contribution is 5.79. The van der Waals surface area contributed by atoms with Crippen molar-refractivity contribution in [2.45, 2.75) is 26.3 Å². The summed E-state index contributed by atoms with van der Waals surface area (Å²) in [6.45, 7) is 4.35. The molecule has 0 spiro atoms. The number of esters is 1. The van der Waals surface area contributed by atoms with Gasteiger partial charge in [0.25, 0.3) is 5.69 Å². The summed E-state index contributed by atoms with van der Waals surface area (Å²) in [4.78, 5) is 21.8. The van der Waals surface area contributed by atoms with Crippen molar-refractivity contribution in [3.8, 4) is 0 Å². The van der Waals surface area contributed by atoms with Gasteiger partial charge in [0.2, 0.25) is 0 Å². The molecule has 7 heteroatoms. The molecule has 0 radical (unpaired) electrons. The molecule has 1 aromatic carbocycles. The van der Waals surface area contributed by atoms with Crippen molar-refractivity contribution < 1.29 is 14.5 Å². The van der Waals surface area contributed by atoms with Crippen molar-refractivity contribution in [1.82, 2.24) is 0 Å². The van der Waals surface area contributed by atoms with Gasteiger partial charge in [-0.1, -0.05) is 6.92 Å². The van der Waals surface area contributed by atoms with Crippen LogP contribution in [0.25, 0.3) is 0 Å². The molecule has 20 heavy (non-hydrogen) atoms. The van der Waals surface area contributed by atoms with Gasteiger partial charge >= 0.3 is 5.97 Å². The molecule has 2 N–H and O–H groups in total. The standard InChI is InChI=1S/C13H19N3O4/c1-4-5-14-10-6-11(8-12(7-10)16(18)19)15-9(2)13(17)20-3/h6-9,14-15H,4-5H2,1-3H3. The third kappa shape index (κ3) is 4.42. The average molecular weight is 281 g/mol. The molecule has 0 aliphatic heterocycles. The molecule has 0 saturated heterocycles. The Morgan fingerprint density at radius 2 is 2.05 bits per heavy atom. The lowest BCUT2D eigenvalue weighted by molar-refractivity contribution is -0.384. The third-order valence-corrected chi connectivity index (χ3v) is 2.65. The first-order chi connectivity index (χ1) is 9.47. The molecule has 0 fully saturated rings. The van der Waals surface area contributed by atoms with E-state index in [2.05, 4.69) is 15.4 Å². The number of nitro groups is 1. The Labute approximate surface area is 117 Å². The largest absolute Gasteiger partial charge is 0.467 e. The van der Waals surface area contributed by atoms with Gasteiger partial charge in [-0.05, 0) is 19.4 Å². The number of ether oxygens (including phenoxy) is 1. The average Bonchev–Trinajstić information content (AvgIpc) is 2.43. The van der Waals surface area contributed by atoms with Crippen LogP contribution in [0.15, 0.2) is 18.2 Å². The summed E-state index contributed by atoms with van der Waals surface area (Å²) in [5, 5.41) is 16.9. The van der Waals surface area contributed by atoms with Gasteiger partial charge in [0.1, 0.15) is 6.04 Å². The van der Waals surface area contributed by atoms with Gasteiger partial charge in [-0.2, -0.15) is 0 Å². The zero-order valence-corrected chi connectivity index (χ0v) is 11.8. The number of rotatable bonds is 7. The first kappa shape index (κ1) is 15.7. The Bertz CT molecular complexity index is 491. The van der Waals surface area contributed by atoms with E-state index in [-0.39, 0.29) is 5.69 Å². The molecule has 0 bridgehead atoms. The van der Waals surface area contributed by atoms with Gasteiger partial charge in [-0.15, -0.1) is 0 Å². The summed E-state index contributed by atoms with van der Waals surface area (Å²) in [6, 6.07) is 3.99. The molecule has 0 amide bonds. The van der Waals surface area contributed by atoms with Crippen LogP contribution in [-0.4, -0.2) is 30.6 Å². The van der Waals surface area contributed by atoms with E-state index >= 15 is 0 Å². The summed E-state index contributed by atoms with van der Waals surface area (Å²) < 4.78 is 4.61. The van der Waals surface area contributed by atoms with Crippen molar-refractivity contribution >= 4 is 23.0 Å². The van der Waals surface area contributed by atoms with Crippen LogP contribution in [0.4, 0.5) is 17.1 Å². The van der Waals surface area contributed by atoms with E-state index in [1.807, 2.05) is 6.92 Å². The number of nitrogens with zero attached hydrogens (tertiary/aromatic N) is 1. The molecule has 110 valence electrons. The Hall–Kier alpha value is -2.31. The van der Waals surface area contributed by atoms with Crippen LogP contribution in [0.1, 0.15) is 20.3 Å². The number of nitrogens with one attached hydrogen (secondary N) is 2. The third-order valence-electron chi connectivity index (χ3n) is 2.65. The molecule has 1 rings (SSSR count). The minimum atomic E-state index is -0.582. The van der Waals surface area contributed by atoms with E-state index in [1.165, 1.54) is 19.2 Å². The number of carbonyl (C=O) groups excluding carboxylic acids is 1. The van der Waals surface area contributed by atoms with Crippen LogP contribution in [-0.2, 0) is 9.53 Å². The van der Waals surface area contributed by atoms with Crippen molar-refractivity contribution in [2.75, 3.05) is 24.3 Å².